The summed E-state index contributed by atoms with van der Waals surface area (Å²) in [6.07, 6.45) is 0.367. The minimum Gasteiger partial charge on any atom is -0.322 e. The molecule has 0 spiro atoms. The lowest BCUT2D eigenvalue weighted by Gasteiger charge is -2.23. The number of carbonyl (C=O) groups excluding carboxylic acids is 3. The molecule has 1 heterocycles. The molecule has 9 nitrogen and oxygen atoms in total. The molecule has 0 radical (unpaired) electrons. The minimum atomic E-state index is -3.83. The molecule has 3 rings (SSSR count). The van der Waals surface area contributed by atoms with Crippen molar-refractivity contribution >= 4 is 33.6 Å². The molecule has 0 bridgehead atoms. The van der Waals surface area contributed by atoms with E-state index in [-0.39, 0.29) is 17.0 Å². The molecule has 1 saturated heterocycles. The zero-order valence-electron chi connectivity index (χ0n) is 17.5. The maximum Gasteiger partial charge on any atom is 0.344 e. The highest BCUT2D eigenvalue weighted by Crippen LogP contribution is 2.24. The van der Waals surface area contributed by atoms with Gasteiger partial charge in [-0.1, -0.05) is 25.1 Å². The number of imide groups is 1. The number of urea groups is 1. The van der Waals surface area contributed by atoms with Crippen molar-refractivity contribution in [3.05, 3.63) is 60.2 Å². The summed E-state index contributed by atoms with van der Waals surface area (Å²) in [5.41, 5.74) is 1.83. The van der Waals surface area contributed by atoms with Gasteiger partial charge in [-0.3, -0.25) is 19.3 Å². The predicted molar refractivity (Wildman–Crippen MR) is 115 cm³/mol. The lowest BCUT2D eigenvalue weighted by molar-refractivity contribution is -0.132. The largest absolute Gasteiger partial charge is 0.344 e. The van der Waals surface area contributed by atoms with Crippen molar-refractivity contribution in [1.82, 2.24) is 15.8 Å². The Morgan fingerprint density at radius 1 is 1.06 bits per heavy atom. The van der Waals surface area contributed by atoms with E-state index in [0.29, 0.717) is 17.1 Å². The van der Waals surface area contributed by atoms with Crippen molar-refractivity contribution in [3.63, 3.8) is 0 Å². The average Bonchev–Trinajstić information content (AvgIpc) is 2.98. The van der Waals surface area contributed by atoms with Crippen LogP contribution in [0.2, 0.25) is 0 Å². The van der Waals surface area contributed by atoms with E-state index in [4.69, 9.17) is 0 Å². The number of sulfonamides is 1. The second-order valence-electron chi connectivity index (χ2n) is 7.23. The van der Waals surface area contributed by atoms with Crippen molar-refractivity contribution in [2.24, 2.45) is 0 Å². The molecule has 0 aliphatic carbocycles. The number of amides is 4. The number of benzene rings is 2. The summed E-state index contributed by atoms with van der Waals surface area (Å²) in [7, 11) is -3.83. The molecule has 0 unspecified atom stereocenters. The van der Waals surface area contributed by atoms with Crippen LogP contribution in [0, 0.1) is 0 Å². The Hall–Kier alpha value is -3.40. The van der Waals surface area contributed by atoms with Crippen LogP contribution in [0.15, 0.2) is 59.5 Å². The van der Waals surface area contributed by atoms with Gasteiger partial charge in [0.1, 0.15) is 5.54 Å². The number of nitrogens with zero attached hydrogens (tertiary/aromatic N) is 2. The fraction of sp³-hybridized carbons (Fsp3) is 0.286. The third kappa shape index (κ3) is 4.11. The third-order valence-corrected chi connectivity index (χ3v) is 7.13. The SMILES string of the molecule is CCN(c1ccccc1)S(=O)(=O)c1ccc(C(=O)NN2C(=O)N[C@@](C)(CC)C2=O)cc1. The summed E-state index contributed by atoms with van der Waals surface area (Å²) in [5, 5.41) is 3.18. The predicted octanol–water partition coefficient (Wildman–Crippen LogP) is 2.27. The Morgan fingerprint density at radius 2 is 1.68 bits per heavy atom. The molecule has 0 saturated carbocycles. The monoisotopic (exact) mass is 444 g/mol. The van der Waals surface area contributed by atoms with E-state index in [1.807, 2.05) is 0 Å². The van der Waals surface area contributed by atoms with Gasteiger partial charge >= 0.3 is 6.03 Å². The van der Waals surface area contributed by atoms with Gasteiger partial charge in [-0.05, 0) is 56.7 Å². The normalized spacial score (nSPS) is 18.6. The molecule has 2 N–H and O–H groups in total. The fourth-order valence-corrected chi connectivity index (χ4v) is 4.66. The van der Waals surface area contributed by atoms with Crippen LogP contribution in [0.3, 0.4) is 0 Å². The standard InChI is InChI=1S/C21H24N4O5S/c1-4-21(3)19(27)25(20(28)22-21)23-18(26)15-11-13-17(14-12-15)31(29,30)24(5-2)16-9-7-6-8-10-16/h6-14H,4-5H2,1-3H3,(H,22,28)(H,23,26)/t21-/m0/s1. The van der Waals surface area contributed by atoms with Gasteiger partial charge in [-0.25, -0.2) is 13.2 Å². The van der Waals surface area contributed by atoms with Crippen molar-refractivity contribution in [3.8, 4) is 0 Å². The number of anilines is 1. The first-order valence-electron chi connectivity index (χ1n) is 9.79. The van der Waals surface area contributed by atoms with Crippen LogP contribution in [0.1, 0.15) is 37.6 Å². The molecule has 1 aliphatic rings. The first-order chi connectivity index (χ1) is 14.6. The van der Waals surface area contributed by atoms with Crippen LogP contribution >= 0.6 is 0 Å². The van der Waals surface area contributed by atoms with E-state index < -0.39 is 33.4 Å². The van der Waals surface area contributed by atoms with Gasteiger partial charge in [0.15, 0.2) is 0 Å². The molecule has 4 amide bonds. The Labute approximate surface area is 181 Å². The summed E-state index contributed by atoms with van der Waals surface area (Å²) in [6.45, 7) is 5.29. The Bertz CT molecular complexity index is 1100. The highest BCUT2D eigenvalue weighted by molar-refractivity contribution is 7.92. The Balaban J connectivity index is 1.79. The lowest BCUT2D eigenvalue weighted by Crippen LogP contribution is -2.48. The fourth-order valence-electron chi connectivity index (χ4n) is 3.18. The number of para-hydroxylation sites is 1. The van der Waals surface area contributed by atoms with E-state index in [2.05, 4.69) is 10.7 Å². The van der Waals surface area contributed by atoms with Gasteiger partial charge in [0.05, 0.1) is 10.6 Å². The summed E-state index contributed by atoms with van der Waals surface area (Å²) < 4.78 is 27.3. The Morgan fingerprint density at radius 3 is 2.19 bits per heavy atom. The highest BCUT2D eigenvalue weighted by atomic mass is 32.2. The summed E-state index contributed by atoms with van der Waals surface area (Å²) in [4.78, 5) is 37.0. The smallest absolute Gasteiger partial charge is 0.322 e. The number of nitrogens with one attached hydrogen (secondary N) is 2. The van der Waals surface area contributed by atoms with Crippen molar-refractivity contribution in [1.29, 1.82) is 0 Å². The molecule has 1 fully saturated rings. The molecule has 2 aromatic carbocycles. The zero-order valence-corrected chi connectivity index (χ0v) is 18.3. The molecule has 164 valence electrons. The van der Waals surface area contributed by atoms with Crippen LogP contribution in [-0.2, 0) is 14.8 Å². The number of rotatable bonds is 7. The maximum atomic E-state index is 13.0. The lowest BCUT2D eigenvalue weighted by atomic mass is 10.00. The summed E-state index contributed by atoms with van der Waals surface area (Å²) in [6, 6.07) is 13.3. The second kappa shape index (κ2) is 8.38. The molecule has 0 aromatic heterocycles. The van der Waals surface area contributed by atoms with Crippen LogP contribution in [-0.4, -0.2) is 43.4 Å². The average molecular weight is 445 g/mol. The summed E-state index contributed by atoms with van der Waals surface area (Å²) >= 11 is 0. The third-order valence-electron chi connectivity index (χ3n) is 5.22. The maximum absolute atomic E-state index is 13.0. The van der Waals surface area contributed by atoms with E-state index in [1.54, 1.807) is 51.1 Å². The molecule has 2 aromatic rings. The molecular formula is C21H24N4O5S. The van der Waals surface area contributed by atoms with E-state index in [0.717, 1.165) is 0 Å². The van der Waals surface area contributed by atoms with Crippen LogP contribution < -0.4 is 15.0 Å². The van der Waals surface area contributed by atoms with Gasteiger partial charge in [0, 0.05) is 12.1 Å². The van der Waals surface area contributed by atoms with Gasteiger partial charge in [-0.15, -0.1) is 0 Å². The second-order valence-corrected chi connectivity index (χ2v) is 9.09. The quantitative estimate of drug-likeness (QED) is 0.636. The number of hydrazine groups is 1. The van der Waals surface area contributed by atoms with Crippen LogP contribution in [0.25, 0.3) is 0 Å². The molecule has 1 aliphatic heterocycles. The first kappa shape index (κ1) is 22.3. The van der Waals surface area contributed by atoms with Crippen LogP contribution in [0.4, 0.5) is 10.5 Å². The van der Waals surface area contributed by atoms with Gasteiger partial charge in [-0.2, -0.15) is 5.01 Å². The van der Waals surface area contributed by atoms with E-state index in [1.165, 1.54) is 28.6 Å². The van der Waals surface area contributed by atoms with E-state index >= 15 is 0 Å². The Kier molecular flexibility index (Phi) is 6.03. The zero-order chi connectivity index (χ0) is 22.8. The highest BCUT2D eigenvalue weighted by Gasteiger charge is 2.47. The molecular weight excluding hydrogens is 420 g/mol. The number of hydrogen-bond acceptors (Lipinski definition) is 5. The van der Waals surface area contributed by atoms with Crippen molar-refractivity contribution in [2.75, 3.05) is 10.8 Å². The molecule has 31 heavy (non-hydrogen) atoms. The van der Waals surface area contributed by atoms with Gasteiger partial charge in [0.25, 0.3) is 21.8 Å². The number of hydrogen-bond donors (Lipinski definition) is 2. The topological polar surface area (TPSA) is 116 Å². The number of carbonyl (C=O) groups is 3. The van der Waals surface area contributed by atoms with Gasteiger partial charge < -0.3 is 5.32 Å². The molecule has 1 atom stereocenters. The van der Waals surface area contributed by atoms with Gasteiger partial charge in [0.2, 0.25) is 0 Å². The van der Waals surface area contributed by atoms with E-state index in [9.17, 15) is 22.8 Å². The summed E-state index contributed by atoms with van der Waals surface area (Å²) in [5.74, 6) is -1.27. The van der Waals surface area contributed by atoms with Crippen molar-refractivity contribution < 1.29 is 22.8 Å². The molecule has 10 heteroatoms. The minimum absolute atomic E-state index is 0.0169. The van der Waals surface area contributed by atoms with Crippen LogP contribution in [0.5, 0.6) is 0 Å². The van der Waals surface area contributed by atoms with Crippen molar-refractivity contribution in [2.45, 2.75) is 37.6 Å². The first-order valence-corrected chi connectivity index (χ1v) is 11.2.